The SMILES string of the molecule is Cc1ccccc1-n1c(SCC(=O)NC(C)C2CC2)nc2cc(Cl)ccc2c1=O. The van der Waals surface area contributed by atoms with Gasteiger partial charge in [0, 0.05) is 11.1 Å². The van der Waals surface area contributed by atoms with Gasteiger partial charge in [0.2, 0.25) is 5.91 Å². The minimum Gasteiger partial charge on any atom is -0.353 e. The van der Waals surface area contributed by atoms with Gasteiger partial charge >= 0.3 is 0 Å². The van der Waals surface area contributed by atoms with Gasteiger partial charge in [0.25, 0.3) is 5.56 Å². The Bertz CT molecular complexity index is 1140. The molecule has 7 heteroatoms. The fourth-order valence-corrected chi connectivity index (χ4v) is 4.38. The average molecular weight is 428 g/mol. The Balaban J connectivity index is 1.72. The lowest BCUT2D eigenvalue weighted by Crippen LogP contribution is -2.35. The standard InChI is InChI=1S/C22H22ClN3O2S/c1-13-5-3-4-6-19(13)26-21(28)17-10-9-16(23)11-18(17)25-22(26)29-12-20(27)24-14(2)15-7-8-15/h3-6,9-11,14-15H,7-8,12H2,1-2H3,(H,24,27). The van der Waals surface area contributed by atoms with Crippen molar-refractivity contribution in [2.45, 2.75) is 37.9 Å². The van der Waals surface area contributed by atoms with E-state index in [2.05, 4.69) is 10.3 Å². The monoisotopic (exact) mass is 427 g/mol. The van der Waals surface area contributed by atoms with E-state index >= 15 is 0 Å². The number of nitrogens with zero attached hydrogens (tertiary/aromatic N) is 2. The molecule has 1 saturated carbocycles. The van der Waals surface area contributed by atoms with Crippen molar-refractivity contribution in [1.82, 2.24) is 14.9 Å². The maximum atomic E-state index is 13.3. The zero-order valence-corrected chi connectivity index (χ0v) is 17.9. The van der Waals surface area contributed by atoms with Crippen LogP contribution in [0.3, 0.4) is 0 Å². The van der Waals surface area contributed by atoms with Crippen LogP contribution in [0.5, 0.6) is 0 Å². The number of carbonyl (C=O) groups is 1. The minimum absolute atomic E-state index is 0.0498. The van der Waals surface area contributed by atoms with E-state index < -0.39 is 0 Å². The van der Waals surface area contributed by atoms with Crippen LogP contribution in [0.25, 0.3) is 16.6 Å². The summed E-state index contributed by atoms with van der Waals surface area (Å²) in [7, 11) is 0. The Morgan fingerprint density at radius 1 is 1.31 bits per heavy atom. The topological polar surface area (TPSA) is 64.0 Å². The normalized spacial score (nSPS) is 14.7. The van der Waals surface area contributed by atoms with Crippen LogP contribution in [0.4, 0.5) is 0 Å². The molecule has 1 fully saturated rings. The number of fused-ring (bicyclic) bond motifs is 1. The number of amides is 1. The molecule has 0 aliphatic heterocycles. The summed E-state index contributed by atoms with van der Waals surface area (Å²) < 4.78 is 1.59. The number of nitrogens with one attached hydrogen (secondary N) is 1. The molecule has 29 heavy (non-hydrogen) atoms. The van der Waals surface area contributed by atoms with Crippen LogP contribution < -0.4 is 10.9 Å². The third-order valence-electron chi connectivity index (χ3n) is 5.21. The number of rotatable bonds is 6. The first-order chi connectivity index (χ1) is 13.9. The summed E-state index contributed by atoms with van der Waals surface area (Å²) in [4.78, 5) is 30.4. The van der Waals surface area contributed by atoms with Crippen molar-refractivity contribution in [3.8, 4) is 5.69 Å². The Morgan fingerprint density at radius 3 is 2.79 bits per heavy atom. The van der Waals surface area contributed by atoms with E-state index in [1.165, 1.54) is 24.6 Å². The van der Waals surface area contributed by atoms with E-state index in [1.807, 2.05) is 38.1 Å². The maximum absolute atomic E-state index is 13.3. The van der Waals surface area contributed by atoms with E-state index in [4.69, 9.17) is 11.6 Å². The third-order valence-corrected chi connectivity index (χ3v) is 6.38. The van der Waals surface area contributed by atoms with Crippen LogP contribution in [-0.4, -0.2) is 27.3 Å². The minimum atomic E-state index is -0.171. The second kappa shape index (κ2) is 8.20. The zero-order chi connectivity index (χ0) is 20.5. The van der Waals surface area contributed by atoms with Crippen molar-refractivity contribution >= 4 is 40.2 Å². The smallest absolute Gasteiger partial charge is 0.266 e. The van der Waals surface area contributed by atoms with Gasteiger partial charge in [-0.05, 0) is 62.4 Å². The highest BCUT2D eigenvalue weighted by Gasteiger charge is 2.29. The zero-order valence-electron chi connectivity index (χ0n) is 16.3. The molecule has 1 amide bonds. The van der Waals surface area contributed by atoms with Gasteiger partial charge in [0.15, 0.2) is 5.16 Å². The van der Waals surface area contributed by atoms with Gasteiger partial charge in [-0.1, -0.05) is 41.6 Å². The first kappa shape index (κ1) is 20.0. The summed E-state index contributed by atoms with van der Waals surface area (Å²) in [6, 6.07) is 12.9. The highest BCUT2D eigenvalue weighted by molar-refractivity contribution is 7.99. The second-order valence-corrected chi connectivity index (χ2v) is 8.84. The molecule has 2 aromatic carbocycles. The lowest BCUT2D eigenvalue weighted by Gasteiger charge is -2.16. The number of halogens is 1. The Labute approximate surface area is 178 Å². The number of para-hydroxylation sites is 1. The number of carbonyl (C=O) groups excluding carboxylic acids is 1. The summed E-state index contributed by atoms with van der Waals surface area (Å²) >= 11 is 7.37. The summed E-state index contributed by atoms with van der Waals surface area (Å²) in [6.45, 7) is 3.99. The van der Waals surface area contributed by atoms with Crippen molar-refractivity contribution in [3.05, 3.63) is 63.4 Å². The lowest BCUT2D eigenvalue weighted by molar-refractivity contribution is -0.119. The van der Waals surface area contributed by atoms with Crippen LogP contribution in [0.2, 0.25) is 5.02 Å². The number of benzene rings is 2. The molecule has 1 unspecified atom stereocenters. The maximum Gasteiger partial charge on any atom is 0.266 e. The molecule has 1 heterocycles. The quantitative estimate of drug-likeness (QED) is 0.469. The largest absolute Gasteiger partial charge is 0.353 e. The summed E-state index contributed by atoms with van der Waals surface area (Å²) in [5, 5.41) is 4.54. The third kappa shape index (κ3) is 4.33. The van der Waals surface area contributed by atoms with Crippen LogP contribution in [0.1, 0.15) is 25.3 Å². The van der Waals surface area contributed by atoms with E-state index in [1.54, 1.807) is 22.8 Å². The fourth-order valence-electron chi connectivity index (χ4n) is 3.40. The Morgan fingerprint density at radius 2 is 2.07 bits per heavy atom. The van der Waals surface area contributed by atoms with Gasteiger partial charge in [-0.25, -0.2) is 4.98 Å². The van der Waals surface area contributed by atoms with Crippen LogP contribution in [0.15, 0.2) is 52.4 Å². The van der Waals surface area contributed by atoms with Crippen LogP contribution in [0, 0.1) is 12.8 Å². The predicted octanol–water partition coefficient (Wildman–Crippen LogP) is 4.35. The van der Waals surface area contributed by atoms with Crippen molar-refractivity contribution in [2.75, 3.05) is 5.75 Å². The molecule has 1 aliphatic carbocycles. The van der Waals surface area contributed by atoms with E-state index in [0.29, 0.717) is 27.0 Å². The van der Waals surface area contributed by atoms with Crippen LogP contribution >= 0.6 is 23.4 Å². The Hall–Kier alpha value is -2.31. The van der Waals surface area contributed by atoms with Gasteiger partial charge in [-0.3, -0.25) is 14.2 Å². The second-order valence-electron chi connectivity index (χ2n) is 7.47. The van der Waals surface area contributed by atoms with Crippen molar-refractivity contribution in [1.29, 1.82) is 0 Å². The van der Waals surface area contributed by atoms with Gasteiger partial charge in [-0.2, -0.15) is 0 Å². The molecule has 0 spiro atoms. The molecule has 1 atom stereocenters. The first-order valence-corrected chi connectivity index (χ1v) is 11.0. The van der Waals surface area contributed by atoms with E-state index in [0.717, 1.165) is 11.3 Å². The summed E-state index contributed by atoms with van der Waals surface area (Å²) in [5.74, 6) is 0.739. The fraction of sp³-hybridized carbons (Fsp3) is 0.318. The van der Waals surface area contributed by atoms with Gasteiger partial charge in [0.05, 0.1) is 22.3 Å². The predicted molar refractivity (Wildman–Crippen MR) is 118 cm³/mol. The molecule has 1 aliphatic rings. The number of aromatic nitrogens is 2. The molecule has 3 aromatic rings. The highest BCUT2D eigenvalue weighted by Crippen LogP contribution is 2.32. The average Bonchev–Trinajstić information content (AvgIpc) is 3.52. The van der Waals surface area contributed by atoms with Crippen molar-refractivity contribution < 1.29 is 4.79 Å². The van der Waals surface area contributed by atoms with Crippen molar-refractivity contribution in [2.24, 2.45) is 5.92 Å². The molecule has 5 nitrogen and oxygen atoms in total. The highest BCUT2D eigenvalue weighted by atomic mass is 35.5. The molecule has 0 bridgehead atoms. The molecular formula is C22H22ClN3O2S. The molecule has 150 valence electrons. The molecule has 0 saturated heterocycles. The van der Waals surface area contributed by atoms with Gasteiger partial charge < -0.3 is 5.32 Å². The van der Waals surface area contributed by atoms with Crippen LogP contribution in [-0.2, 0) is 4.79 Å². The summed E-state index contributed by atoms with van der Waals surface area (Å²) in [5.41, 5.74) is 2.08. The molecule has 4 rings (SSSR count). The molecule has 0 radical (unpaired) electrons. The first-order valence-electron chi connectivity index (χ1n) is 9.64. The number of thioether (sulfide) groups is 1. The number of hydrogen-bond acceptors (Lipinski definition) is 4. The Kier molecular flexibility index (Phi) is 5.65. The van der Waals surface area contributed by atoms with E-state index in [9.17, 15) is 9.59 Å². The molecular weight excluding hydrogens is 406 g/mol. The lowest BCUT2D eigenvalue weighted by atomic mass is 10.2. The number of aryl methyl sites for hydroxylation is 1. The number of hydrogen-bond donors (Lipinski definition) is 1. The van der Waals surface area contributed by atoms with Gasteiger partial charge in [0.1, 0.15) is 0 Å². The molecule has 1 aromatic heterocycles. The van der Waals surface area contributed by atoms with Crippen molar-refractivity contribution in [3.63, 3.8) is 0 Å². The van der Waals surface area contributed by atoms with E-state index in [-0.39, 0.29) is 23.3 Å². The molecule has 1 N–H and O–H groups in total. The van der Waals surface area contributed by atoms with Gasteiger partial charge in [-0.15, -0.1) is 0 Å². The summed E-state index contributed by atoms with van der Waals surface area (Å²) in [6.07, 6.45) is 2.35.